The van der Waals surface area contributed by atoms with E-state index < -0.39 is 0 Å². The standard InChI is InChI=1S/C25H31N3O3S/c1-5-20-22(24(30)31-4)23(18-11-8-9-16(2)13-18)28-19(15-32-25(28)26-20)14-21(29)27-12-7-6-10-17(27)3/h8-9,11,13,15,17,23H,5-7,10,12,14H2,1-4H3/t17-,23-/m1/s1. The molecule has 0 bridgehead atoms. The van der Waals surface area contributed by atoms with E-state index in [-0.39, 0.29) is 24.0 Å². The Kier molecular flexibility index (Phi) is 6.74. The lowest BCUT2D eigenvalue weighted by molar-refractivity contribution is -0.136. The zero-order valence-electron chi connectivity index (χ0n) is 19.3. The summed E-state index contributed by atoms with van der Waals surface area (Å²) in [6.07, 6.45) is 4.21. The lowest BCUT2D eigenvalue weighted by Gasteiger charge is -2.38. The molecule has 0 spiro atoms. The second-order valence-electron chi connectivity index (χ2n) is 8.62. The summed E-state index contributed by atoms with van der Waals surface area (Å²) < 4.78 is 5.18. The van der Waals surface area contributed by atoms with Crippen molar-refractivity contribution < 1.29 is 14.3 Å². The molecule has 3 heterocycles. The van der Waals surface area contributed by atoms with Crippen molar-refractivity contribution in [1.29, 1.82) is 0 Å². The van der Waals surface area contributed by atoms with E-state index in [1.807, 2.05) is 42.4 Å². The average molecular weight is 454 g/mol. The molecule has 7 heteroatoms. The number of nitrogens with zero attached hydrogens (tertiary/aromatic N) is 3. The van der Waals surface area contributed by atoms with E-state index in [0.29, 0.717) is 18.4 Å². The number of fused-ring (bicyclic) bond motifs is 1. The summed E-state index contributed by atoms with van der Waals surface area (Å²) in [6.45, 7) is 6.99. The molecule has 3 aliphatic rings. The molecule has 1 aromatic carbocycles. The fraction of sp³-hybridized carbons (Fsp3) is 0.480. The highest BCUT2D eigenvalue weighted by atomic mass is 32.2. The van der Waals surface area contributed by atoms with Gasteiger partial charge in [0, 0.05) is 18.3 Å². The quantitative estimate of drug-likeness (QED) is 0.592. The summed E-state index contributed by atoms with van der Waals surface area (Å²) >= 11 is 1.52. The summed E-state index contributed by atoms with van der Waals surface area (Å²) in [5.74, 6) is -0.235. The van der Waals surface area contributed by atoms with Gasteiger partial charge in [-0.2, -0.15) is 0 Å². The number of carbonyl (C=O) groups excluding carboxylic acids is 2. The van der Waals surface area contributed by atoms with Crippen molar-refractivity contribution in [2.45, 2.75) is 65.0 Å². The smallest absolute Gasteiger partial charge is 0.338 e. The Morgan fingerprint density at radius 3 is 2.78 bits per heavy atom. The number of aliphatic imine (C=N–C) groups is 1. The molecule has 2 atom stereocenters. The predicted molar refractivity (Wildman–Crippen MR) is 128 cm³/mol. The van der Waals surface area contributed by atoms with E-state index >= 15 is 0 Å². The number of esters is 1. The van der Waals surface area contributed by atoms with Crippen LogP contribution in [0.25, 0.3) is 0 Å². The van der Waals surface area contributed by atoms with Crippen molar-refractivity contribution in [2.75, 3.05) is 13.7 Å². The second-order valence-corrected chi connectivity index (χ2v) is 9.46. The van der Waals surface area contributed by atoms with E-state index in [4.69, 9.17) is 9.73 Å². The number of hydrogen-bond acceptors (Lipinski definition) is 6. The number of allylic oxidation sites excluding steroid dienone is 1. The van der Waals surface area contributed by atoms with Crippen LogP contribution >= 0.6 is 11.8 Å². The molecule has 4 rings (SSSR count). The molecule has 1 aromatic rings. The third kappa shape index (κ3) is 4.22. The van der Waals surface area contributed by atoms with Crippen LogP contribution in [0.5, 0.6) is 0 Å². The van der Waals surface area contributed by atoms with Crippen LogP contribution in [0.15, 0.2) is 51.6 Å². The topological polar surface area (TPSA) is 62.2 Å². The van der Waals surface area contributed by atoms with Crippen LogP contribution in [0.4, 0.5) is 0 Å². The molecule has 1 fully saturated rings. The van der Waals surface area contributed by atoms with Gasteiger partial charge in [0.1, 0.15) is 0 Å². The molecule has 1 saturated heterocycles. The van der Waals surface area contributed by atoms with Crippen LogP contribution < -0.4 is 0 Å². The normalized spacial score (nSPS) is 23.0. The Labute approximate surface area is 194 Å². The van der Waals surface area contributed by atoms with Crippen molar-refractivity contribution in [3.63, 3.8) is 0 Å². The molecule has 1 amide bonds. The Hall–Kier alpha value is -2.54. The SMILES string of the molecule is CCC1=C(C(=O)OC)[C@@H](c2cccc(C)c2)N2C(CC(=O)N3CCCC[C@H]3C)=CSC2=N1. The largest absolute Gasteiger partial charge is 0.466 e. The highest BCUT2D eigenvalue weighted by Crippen LogP contribution is 2.45. The number of carbonyl (C=O) groups is 2. The number of rotatable bonds is 5. The van der Waals surface area contributed by atoms with Gasteiger partial charge in [-0.25, -0.2) is 9.79 Å². The maximum atomic E-state index is 13.2. The zero-order valence-corrected chi connectivity index (χ0v) is 20.1. The number of methoxy groups -OCH3 is 1. The summed E-state index contributed by atoms with van der Waals surface area (Å²) in [5.41, 5.74) is 4.30. The van der Waals surface area contributed by atoms with Gasteiger partial charge in [0.25, 0.3) is 0 Å². The number of piperidine rings is 1. The first-order chi connectivity index (χ1) is 15.4. The van der Waals surface area contributed by atoms with E-state index in [0.717, 1.165) is 47.1 Å². The number of ether oxygens (including phenoxy) is 1. The van der Waals surface area contributed by atoms with Gasteiger partial charge in [-0.15, -0.1) is 0 Å². The summed E-state index contributed by atoms with van der Waals surface area (Å²) in [6, 6.07) is 8.08. The summed E-state index contributed by atoms with van der Waals surface area (Å²) in [4.78, 5) is 35.0. The van der Waals surface area contributed by atoms with Crippen molar-refractivity contribution >= 4 is 28.8 Å². The number of hydrogen-bond donors (Lipinski definition) is 0. The average Bonchev–Trinajstić information content (AvgIpc) is 3.19. The number of amides is 1. The van der Waals surface area contributed by atoms with Crippen LogP contribution in [-0.2, 0) is 14.3 Å². The highest BCUT2D eigenvalue weighted by molar-refractivity contribution is 8.16. The lowest BCUT2D eigenvalue weighted by atomic mass is 9.92. The van der Waals surface area contributed by atoms with Crippen LogP contribution in [0, 0.1) is 6.92 Å². The van der Waals surface area contributed by atoms with Gasteiger partial charge < -0.3 is 14.5 Å². The van der Waals surface area contributed by atoms with Crippen molar-refractivity contribution in [1.82, 2.24) is 9.80 Å². The third-order valence-corrected chi connectivity index (χ3v) is 7.33. The first-order valence-corrected chi connectivity index (χ1v) is 12.2. The molecule has 0 N–H and O–H groups in total. The Balaban J connectivity index is 1.72. The monoisotopic (exact) mass is 453 g/mol. The number of benzene rings is 1. The van der Waals surface area contributed by atoms with Gasteiger partial charge in [0.15, 0.2) is 5.17 Å². The molecular formula is C25H31N3O3S. The number of likely N-dealkylation sites (tertiary alicyclic amines) is 1. The van der Waals surface area contributed by atoms with Crippen molar-refractivity contribution in [3.8, 4) is 0 Å². The second kappa shape index (κ2) is 9.53. The van der Waals surface area contributed by atoms with Crippen molar-refractivity contribution in [2.24, 2.45) is 4.99 Å². The van der Waals surface area contributed by atoms with Gasteiger partial charge in [0.2, 0.25) is 5.91 Å². The van der Waals surface area contributed by atoms with Crippen molar-refractivity contribution in [3.05, 3.63) is 57.8 Å². The fourth-order valence-corrected chi connectivity index (χ4v) is 5.73. The number of thioether (sulfide) groups is 1. The number of aryl methyl sites for hydroxylation is 1. The van der Waals surface area contributed by atoms with E-state index in [2.05, 4.69) is 17.9 Å². The van der Waals surface area contributed by atoms with Crippen LogP contribution in [0.2, 0.25) is 0 Å². The fourth-order valence-electron chi connectivity index (χ4n) is 4.79. The lowest BCUT2D eigenvalue weighted by Crippen LogP contribution is -2.43. The number of amidine groups is 1. The Morgan fingerprint density at radius 1 is 1.28 bits per heavy atom. The predicted octanol–water partition coefficient (Wildman–Crippen LogP) is 4.92. The van der Waals surface area contributed by atoms with Crippen LogP contribution in [0.3, 0.4) is 0 Å². The molecule has 170 valence electrons. The minimum absolute atomic E-state index is 0.137. The van der Waals surface area contributed by atoms with Gasteiger partial charge in [-0.1, -0.05) is 48.5 Å². The van der Waals surface area contributed by atoms with E-state index in [1.54, 1.807) is 0 Å². The summed E-state index contributed by atoms with van der Waals surface area (Å²) in [5, 5.41) is 2.83. The zero-order chi connectivity index (χ0) is 22.8. The highest BCUT2D eigenvalue weighted by Gasteiger charge is 2.42. The molecule has 0 radical (unpaired) electrons. The first kappa shape index (κ1) is 22.6. The molecule has 32 heavy (non-hydrogen) atoms. The molecule has 0 aromatic heterocycles. The molecule has 6 nitrogen and oxygen atoms in total. The maximum Gasteiger partial charge on any atom is 0.338 e. The molecule has 0 saturated carbocycles. The van der Waals surface area contributed by atoms with E-state index in [1.165, 1.54) is 25.3 Å². The maximum absolute atomic E-state index is 13.2. The molecular weight excluding hydrogens is 422 g/mol. The summed E-state index contributed by atoms with van der Waals surface area (Å²) in [7, 11) is 1.41. The molecule has 3 aliphatic heterocycles. The Morgan fingerprint density at radius 2 is 2.09 bits per heavy atom. The van der Waals surface area contributed by atoms with Gasteiger partial charge in [-0.05, 0) is 50.5 Å². The van der Waals surface area contributed by atoms with Gasteiger partial charge in [0.05, 0.1) is 30.8 Å². The molecule has 0 unspecified atom stereocenters. The Bertz CT molecular complexity index is 1010. The minimum Gasteiger partial charge on any atom is -0.466 e. The first-order valence-electron chi connectivity index (χ1n) is 11.4. The third-order valence-electron chi connectivity index (χ3n) is 6.44. The van der Waals surface area contributed by atoms with Gasteiger partial charge in [-0.3, -0.25) is 4.79 Å². The van der Waals surface area contributed by atoms with Crippen LogP contribution in [0.1, 0.15) is 63.1 Å². The molecule has 0 aliphatic carbocycles. The van der Waals surface area contributed by atoms with Crippen LogP contribution in [-0.4, -0.2) is 46.5 Å². The van der Waals surface area contributed by atoms with Gasteiger partial charge >= 0.3 is 5.97 Å². The van der Waals surface area contributed by atoms with E-state index in [9.17, 15) is 9.59 Å². The minimum atomic E-state index is -0.372.